The molecule has 4 fully saturated rings. The summed E-state index contributed by atoms with van der Waals surface area (Å²) in [6, 6.07) is 9.08. The number of carbonyl (C=O) groups excluding carboxylic acids is 1. The van der Waals surface area contributed by atoms with Gasteiger partial charge in [0, 0.05) is 24.1 Å². The Bertz CT molecular complexity index is 1140. The maximum absolute atomic E-state index is 13.9. The van der Waals surface area contributed by atoms with Gasteiger partial charge >= 0.3 is 0 Å². The maximum atomic E-state index is 13.9. The van der Waals surface area contributed by atoms with Gasteiger partial charge in [0.1, 0.15) is 4.97 Å². The van der Waals surface area contributed by atoms with Gasteiger partial charge in [-0.05, 0) is 56.8 Å². The van der Waals surface area contributed by atoms with E-state index in [0.717, 1.165) is 12.2 Å². The highest BCUT2D eigenvalue weighted by Crippen LogP contribution is 2.85. The largest absolute Gasteiger partial charge is 0.373 e. The molecule has 3 saturated heterocycles. The number of rotatable bonds is 0. The number of benzene rings is 1. The van der Waals surface area contributed by atoms with Crippen molar-refractivity contribution in [3.63, 3.8) is 0 Å². The molecule has 2 bridgehead atoms. The number of para-hydroxylation sites is 1. The van der Waals surface area contributed by atoms with Crippen molar-refractivity contribution < 1.29 is 9.53 Å². The van der Waals surface area contributed by atoms with Crippen LogP contribution in [-0.4, -0.2) is 44.1 Å². The fourth-order valence-electron chi connectivity index (χ4n) is 7.56. The molecule has 0 N–H and O–H groups in total. The van der Waals surface area contributed by atoms with Crippen LogP contribution in [0.15, 0.2) is 35.9 Å². The van der Waals surface area contributed by atoms with E-state index in [1.807, 2.05) is 0 Å². The lowest BCUT2D eigenvalue weighted by molar-refractivity contribution is -0.133. The Morgan fingerprint density at radius 3 is 2.50 bits per heavy atom. The molecule has 1 saturated carbocycles. The first-order valence-electron chi connectivity index (χ1n) is 10.3. The second kappa shape index (κ2) is 7.35. The van der Waals surface area contributed by atoms with Gasteiger partial charge in [0.25, 0.3) is 0 Å². The van der Waals surface area contributed by atoms with Gasteiger partial charge in [-0.2, -0.15) is 0 Å². The zero-order valence-electron chi connectivity index (χ0n) is 16.2. The number of amides is 1. The number of fused-ring (bicyclic) bond motifs is 2. The molecule has 1 amide bonds. The minimum Gasteiger partial charge on any atom is -0.373 e. The van der Waals surface area contributed by atoms with Crippen LogP contribution in [0.5, 0.6) is 0 Å². The number of ether oxygens (including phenoxy) is 1. The third-order valence-corrected chi connectivity index (χ3v) is 23.2. The standard InChI is InChI=1S/C21H15I7N2O2/c22-18(23)14-9-5-6-32-12-7-13(31)30-11-4-2-1-3-10(11)17(19(30,24)15(12)14)16(18)29(8-9)21(27,28)20(17,25)26/h1-5,12,14-16H,6-8H2/t12?,14-,15-,16-,17+,19?/m0/s1. The molecule has 1 aromatic rings. The van der Waals surface area contributed by atoms with E-state index in [9.17, 15) is 4.79 Å². The smallest absolute Gasteiger partial charge is 0.230 e. The molecule has 6 atom stereocenters. The minimum absolute atomic E-state index is 0.00587. The molecule has 11 heteroatoms. The minimum atomic E-state index is -0.383. The van der Waals surface area contributed by atoms with E-state index in [1.165, 1.54) is 11.1 Å². The van der Waals surface area contributed by atoms with Gasteiger partial charge < -0.3 is 4.74 Å². The molecule has 2 unspecified atom stereocenters. The van der Waals surface area contributed by atoms with Gasteiger partial charge in [0.15, 0.2) is 1.55 Å². The highest BCUT2D eigenvalue weighted by Gasteiger charge is 2.91. The Morgan fingerprint density at radius 2 is 1.75 bits per heavy atom. The SMILES string of the molecule is O=C1CC2OCC=C3CN4[C@@H]5C(I)(I)[C@@H]3[C@H]2C2(I)N1c1ccccc1[C@@]52C(I)(I)C4(I)I. The molecule has 1 aromatic carbocycles. The molecular formula is C21H15I7N2O2. The van der Waals surface area contributed by atoms with Crippen LogP contribution in [-0.2, 0) is 14.9 Å². The molecule has 1 aliphatic carbocycles. The van der Waals surface area contributed by atoms with E-state index in [0.29, 0.717) is 25.0 Å². The number of hydrogen-bond acceptors (Lipinski definition) is 3. The molecule has 7 rings (SSSR count). The average molecular weight is 1220 g/mol. The van der Waals surface area contributed by atoms with Gasteiger partial charge in [-0.3, -0.25) is 14.6 Å². The number of alkyl halides is 7. The van der Waals surface area contributed by atoms with Crippen molar-refractivity contribution >= 4 is 170 Å². The van der Waals surface area contributed by atoms with Gasteiger partial charge in [-0.25, -0.2) is 0 Å². The van der Waals surface area contributed by atoms with Crippen LogP contribution in [0.1, 0.15) is 12.0 Å². The first-order valence-corrected chi connectivity index (χ1v) is 17.8. The summed E-state index contributed by atoms with van der Waals surface area (Å²) in [5.74, 6) is 0.855. The highest BCUT2D eigenvalue weighted by atomic mass is 127. The Kier molecular flexibility index (Phi) is 5.63. The van der Waals surface area contributed by atoms with Crippen LogP contribution >= 0.6 is 158 Å². The topological polar surface area (TPSA) is 32.8 Å². The zero-order chi connectivity index (χ0) is 22.6. The second-order valence-corrected chi connectivity index (χ2v) is 27.2. The van der Waals surface area contributed by atoms with Crippen molar-refractivity contribution in [2.75, 3.05) is 18.1 Å². The quantitative estimate of drug-likeness (QED) is 0.125. The molecule has 4 nitrogen and oxygen atoms in total. The first-order chi connectivity index (χ1) is 14.9. The molecule has 170 valence electrons. The van der Waals surface area contributed by atoms with Gasteiger partial charge in [0.05, 0.1) is 32.0 Å². The van der Waals surface area contributed by atoms with Gasteiger partial charge in [-0.1, -0.05) is 143 Å². The van der Waals surface area contributed by atoms with Crippen LogP contribution in [0.3, 0.4) is 0 Å². The zero-order valence-corrected chi connectivity index (χ0v) is 31.3. The van der Waals surface area contributed by atoms with E-state index >= 15 is 0 Å². The highest BCUT2D eigenvalue weighted by molar-refractivity contribution is 14.2. The summed E-state index contributed by atoms with van der Waals surface area (Å²) < 4.78 is 5.84. The Balaban J connectivity index is 1.71. The fraction of sp³-hybridized carbons (Fsp3) is 0.571. The average Bonchev–Trinajstić information content (AvgIpc) is 2.90. The summed E-state index contributed by atoms with van der Waals surface area (Å²) in [4.78, 5) is 18.9. The predicted molar refractivity (Wildman–Crippen MR) is 185 cm³/mol. The summed E-state index contributed by atoms with van der Waals surface area (Å²) in [6.45, 7) is 1.60. The van der Waals surface area contributed by atoms with E-state index in [4.69, 9.17) is 4.74 Å². The number of piperidine rings is 2. The van der Waals surface area contributed by atoms with E-state index in [1.54, 1.807) is 0 Å². The number of anilines is 1. The Hall–Kier alpha value is 3.46. The van der Waals surface area contributed by atoms with Crippen LogP contribution in [0.2, 0.25) is 0 Å². The normalized spacial score (nSPS) is 45.9. The lowest BCUT2D eigenvalue weighted by Gasteiger charge is -2.68. The van der Waals surface area contributed by atoms with Crippen LogP contribution in [0.4, 0.5) is 5.69 Å². The Morgan fingerprint density at radius 1 is 1.03 bits per heavy atom. The summed E-state index contributed by atoms with van der Waals surface area (Å²) in [6.07, 6.45) is 2.78. The third-order valence-electron chi connectivity index (χ3n) is 8.42. The number of nitrogens with zero attached hydrogens (tertiary/aromatic N) is 2. The molecule has 6 aliphatic rings. The molecule has 1 spiro atoms. The molecule has 0 radical (unpaired) electrons. The molecular weight excluding hydrogens is 1200 g/mol. The van der Waals surface area contributed by atoms with Gasteiger partial charge in [-0.15, -0.1) is 0 Å². The van der Waals surface area contributed by atoms with E-state index < -0.39 is 0 Å². The fourth-order valence-corrected chi connectivity index (χ4v) is 18.4. The van der Waals surface area contributed by atoms with Crippen molar-refractivity contribution in [3.05, 3.63) is 41.5 Å². The molecule has 32 heavy (non-hydrogen) atoms. The van der Waals surface area contributed by atoms with Crippen molar-refractivity contribution in [1.82, 2.24) is 4.90 Å². The maximum Gasteiger partial charge on any atom is 0.230 e. The van der Waals surface area contributed by atoms with E-state index in [2.05, 4.69) is 198 Å². The van der Waals surface area contributed by atoms with Crippen molar-refractivity contribution in [3.8, 4) is 0 Å². The summed E-state index contributed by atoms with van der Waals surface area (Å²) in [5.41, 5.74) is 3.75. The number of carbonyl (C=O) groups is 1. The lowest BCUT2D eigenvalue weighted by Crippen LogP contribution is -2.81. The summed E-state index contributed by atoms with van der Waals surface area (Å²) >= 11 is 19.3. The second-order valence-electron chi connectivity index (χ2n) is 9.41. The third kappa shape index (κ3) is 2.39. The first kappa shape index (κ1) is 24.5. The van der Waals surface area contributed by atoms with E-state index in [-0.39, 0.29) is 31.3 Å². The Labute approximate surface area is 282 Å². The number of hydrogen-bond donors (Lipinski definition) is 0. The summed E-state index contributed by atoms with van der Waals surface area (Å²) in [7, 11) is 0. The van der Waals surface area contributed by atoms with Gasteiger partial charge in [0.2, 0.25) is 5.91 Å². The van der Waals surface area contributed by atoms with Crippen molar-refractivity contribution in [1.29, 1.82) is 0 Å². The molecule has 5 aliphatic heterocycles. The lowest BCUT2D eigenvalue weighted by atomic mass is 9.53. The monoisotopic (exact) mass is 1220 g/mol. The number of halogens is 7. The van der Waals surface area contributed by atoms with Crippen molar-refractivity contribution in [2.45, 2.75) is 31.9 Å². The van der Waals surface area contributed by atoms with Crippen LogP contribution in [0.25, 0.3) is 0 Å². The molecule has 0 aromatic heterocycles. The van der Waals surface area contributed by atoms with Crippen LogP contribution in [0, 0.1) is 11.8 Å². The predicted octanol–water partition coefficient (Wildman–Crippen LogP) is 6.73. The van der Waals surface area contributed by atoms with Crippen LogP contribution < -0.4 is 4.90 Å². The molecule has 5 heterocycles. The summed E-state index contributed by atoms with van der Waals surface area (Å²) in [5, 5.41) is 0. The van der Waals surface area contributed by atoms with Crippen molar-refractivity contribution in [2.24, 2.45) is 11.8 Å².